The van der Waals surface area contributed by atoms with Crippen LogP contribution in [0.2, 0.25) is 0 Å². The predicted molar refractivity (Wildman–Crippen MR) is 48.9 cm³/mol. The fourth-order valence-electron chi connectivity index (χ4n) is 1.63. The fourth-order valence-corrected chi connectivity index (χ4v) is 1.63. The minimum Gasteiger partial charge on any atom is -0.356 e. The van der Waals surface area contributed by atoms with Crippen molar-refractivity contribution in [1.29, 1.82) is 0 Å². The Morgan fingerprint density at radius 2 is 2.50 bits per heavy atom. The first-order valence-electron chi connectivity index (χ1n) is 4.80. The van der Waals surface area contributed by atoms with Crippen molar-refractivity contribution in [3.05, 3.63) is 0 Å². The SMILES string of the molecule is CCNC(=O)C[C@H]1CCCNC1. The van der Waals surface area contributed by atoms with Gasteiger partial charge < -0.3 is 10.6 Å². The number of carbonyl (C=O) groups is 1. The van der Waals surface area contributed by atoms with Crippen molar-refractivity contribution < 1.29 is 4.79 Å². The number of carbonyl (C=O) groups excluding carboxylic acids is 1. The highest BCUT2D eigenvalue weighted by atomic mass is 16.1. The summed E-state index contributed by atoms with van der Waals surface area (Å²) in [5.74, 6) is 0.761. The molecule has 1 saturated heterocycles. The molecule has 1 rings (SSSR count). The Labute approximate surface area is 73.9 Å². The molecule has 1 heterocycles. The van der Waals surface area contributed by atoms with Gasteiger partial charge in [-0.3, -0.25) is 4.79 Å². The highest BCUT2D eigenvalue weighted by molar-refractivity contribution is 5.76. The van der Waals surface area contributed by atoms with Crippen molar-refractivity contribution in [2.24, 2.45) is 5.92 Å². The molecule has 3 nitrogen and oxygen atoms in total. The average Bonchev–Trinajstić information content (AvgIpc) is 2.06. The molecule has 1 aliphatic rings. The highest BCUT2D eigenvalue weighted by Gasteiger charge is 2.15. The number of rotatable bonds is 3. The maximum atomic E-state index is 11.2. The molecule has 0 radical (unpaired) electrons. The van der Waals surface area contributed by atoms with Gasteiger partial charge >= 0.3 is 0 Å². The van der Waals surface area contributed by atoms with E-state index in [0.29, 0.717) is 12.3 Å². The Morgan fingerprint density at radius 3 is 3.08 bits per heavy atom. The van der Waals surface area contributed by atoms with Crippen LogP contribution in [0, 0.1) is 5.92 Å². The van der Waals surface area contributed by atoms with Gasteiger partial charge in [-0.2, -0.15) is 0 Å². The molecule has 0 saturated carbocycles. The monoisotopic (exact) mass is 170 g/mol. The second-order valence-corrected chi connectivity index (χ2v) is 3.37. The number of amides is 1. The zero-order chi connectivity index (χ0) is 8.81. The van der Waals surface area contributed by atoms with Gasteiger partial charge in [0.1, 0.15) is 0 Å². The summed E-state index contributed by atoms with van der Waals surface area (Å²) in [5, 5.41) is 6.13. The Hall–Kier alpha value is -0.570. The molecule has 1 aliphatic heterocycles. The lowest BCUT2D eigenvalue weighted by Crippen LogP contribution is -2.34. The van der Waals surface area contributed by atoms with Gasteiger partial charge in [-0.15, -0.1) is 0 Å². The zero-order valence-electron chi connectivity index (χ0n) is 7.73. The number of nitrogens with one attached hydrogen (secondary N) is 2. The van der Waals surface area contributed by atoms with Gasteiger partial charge in [0.25, 0.3) is 0 Å². The average molecular weight is 170 g/mol. The van der Waals surface area contributed by atoms with Crippen molar-refractivity contribution in [3.63, 3.8) is 0 Å². The maximum absolute atomic E-state index is 11.2. The van der Waals surface area contributed by atoms with Crippen LogP contribution in [0.3, 0.4) is 0 Å². The molecule has 0 aliphatic carbocycles. The quantitative estimate of drug-likeness (QED) is 0.648. The second kappa shape index (κ2) is 5.14. The van der Waals surface area contributed by atoms with Crippen LogP contribution < -0.4 is 10.6 Å². The van der Waals surface area contributed by atoms with E-state index in [1.165, 1.54) is 12.8 Å². The summed E-state index contributed by atoms with van der Waals surface area (Å²) in [4.78, 5) is 11.2. The molecule has 0 aromatic carbocycles. The number of hydrogen-bond donors (Lipinski definition) is 2. The third-order valence-corrected chi connectivity index (χ3v) is 2.25. The van der Waals surface area contributed by atoms with E-state index >= 15 is 0 Å². The van der Waals surface area contributed by atoms with Crippen LogP contribution >= 0.6 is 0 Å². The minimum atomic E-state index is 0.200. The molecule has 0 spiro atoms. The van der Waals surface area contributed by atoms with Crippen LogP contribution in [0.15, 0.2) is 0 Å². The van der Waals surface area contributed by atoms with E-state index in [4.69, 9.17) is 0 Å². The topological polar surface area (TPSA) is 41.1 Å². The Bertz CT molecular complexity index is 141. The van der Waals surface area contributed by atoms with E-state index in [9.17, 15) is 4.79 Å². The molecule has 1 fully saturated rings. The van der Waals surface area contributed by atoms with Crippen molar-refractivity contribution in [2.45, 2.75) is 26.2 Å². The highest BCUT2D eigenvalue weighted by Crippen LogP contribution is 2.13. The van der Waals surface area contributed by atoms with Crippen LogP contribution in [0.4, 0.5) is 0 Å². The van der Waals surface area contributed by atoms with E-state index in [-0.39, 0.29) is 5.91 Å². The smallest absolute Gasteiger partial charge is 0.220 e. The molecule has 70 valence electrons. The number of hydrogen-bond acceptors (Lipinski definition) is 2. The lowest BCUT2D eigenvalue weighted by Gasteiger charge is -2.21. The largest absolute Gasteiger partial charge is 0.356 e. The third-order valence-electron chi connectivity index (χ3n) is 2.25. The Morgan fingerprint density at radius 1 is 1.67 bits per heavy atom. The summed E-state index contributed by atoms with van der Waals surface area (Å²) in [6, 6.07) is 0. The fraction of sp³-hybridized carbons (Fsp3) is 0.889. The van der Waals surface area contributed by atoms with Crippen LogP contribution in [-0.2, 0) is 4.79 Å². The molecule has 1 atom stereocenters. The molecule has 2 N–H and O–H groups in total. The first-order valence-corrected chi connectivity index (χ1v) is 4.80. The summed E-state index contributed by atoms with van der Waals surface area (Å²) in [6.07, 6.45) is 3.11. The molecule has 0 aromatic rings. The Kier molecular flexibility index (Phi) is 4.08. The summed E-state index contributed by atoms with van der Waals surface area (Å²) in [5.41, 5.74) is 0. The number of piperidine rings is 1. The molecule has 1 amide bonds. The van der Waals surface area contributed by atoms with E-state index in [2.05, 4.69) is 10.6 Å². The standard InChI is InChI=1S/C9H18N2O/c1-2-11-9(12)6-8-4-3-5-10-7-8/h8,10H,2-7H2,1H3,(H,11,12)/t8-/m1/s1. The van der Waals surface area contributed by atoms with Crippen molar-refractivity contribution in [1.82, 2.24) is 10.6 Å². The van der Waals surface area contributed by atoms with Crippen molar-refractivity contribution >= 4 is 5.91 Å². The lowest BCUT2D eigenvalue weighted by atomic mass is 9.96. The predicted octanol–water partition coefficient (Wildman–Crippen LogP) is 0.512. The summed E-state index contributed by atoms with van der Waals surface area (Å²) < 4.78 is 0. The third kappa shape index (κ3) is 3.22. The first kappa shape index (κ1) is 9.52. The van der Waals surface area contributed by atoms with Gasteiger partial charge in [-0.25, -0.2) is 0 Å². The molecule has 0 unspecified atom stereocenters. The molecule has 12 heavy (non-hydrogen) atoms. The summed E-state index contributed by atoms with van der Waals surface area (Å²) >= 11 is 0. The van der Waals surface area contributed by atoms with E-state index in [0.717, 1.165) is 19.6 Å². The minimum absolute atomic E-state index is 0.200. The summed E-state index contributed by atoms with van der Waals surface area (Å²) in [7, 11) is 0. The van der Waals surface area contributed by atoms with Gasteiger partial charge in [0.2, 0.25) is 5.91 Å². The second-order valence-electron chi connectivity index (χ2n) is 3.37. The molecule has 0 aromatic heterocycles. The van der Waals surface area contributed by atoms with Crippen LogP contribution in [0.1, 0.15) is 26.2 Å². The van der Waals surface area contributed by atoms with E-state index in [1.54, 1.807) is 0 Å². The van der Waals surface area contributed by atoms with Gasteiger partial charge in [-0.1, -0.05) is 0 Å². The van der Waals surface area contributed by atoms with Crippen molar-refractivity contribution in [2.75, 3.05) is 19.6 Å². The zero-order valence-corrected chi connectivity index (χ0v) is 7.73. The first-order chi connectivity index (χ1) is 5.83. The maximum Gasteiger partial charge on any atom is 0.220 e. The summed E-state index contributed by atoms with van der Waals surface area (Å²) in [6.45, 7) is 4.83. The van der Waals surface area contributed by atoms with Gasteiger partial charge in [0, 0.05) is 13.0 Å². The van der Waals surface area contributed by atoms with E-state index in [1.807, 2.05) is 6.92 Å². The van der Waals surface area contributed by atoms with Crippen LogP contribution in [0.5, 0.6) is 0 Å². The van der Waals surface area contributed by atoms with Crippen LogP contribution in [0.25, 0.3) is 0 Å². The van der Waals surface area contributed by atoms with Gasteiger partial charge in [-0.05, 0) is 38.8 Å². The molecular formula is C9H18N2O. The lowest BCUT2D eigenvalue weighted by molar-refractivity contribution is -0.122. The molecular weight excluding hydrogens is 152 g/mol. The normalized spacial score (nSPS) is 23.6. The van der Waals surface area contributed by atoms with Gasteiger partial charge in [0.15, 0.2) is 0 Å². The van der Waals surface area contributed by atoms with E-state index < -0.39 is 0 Å². The van der Waals surface area contributed by atoms with Crippen LogP contribution in [-0.4, -0.2) is 25.5 Å². The molecule has 0 bridgehead atoms. The van der Waals surface area contributed by atoms with Gasteiger partial charge in [0.05, 0.1) is 0 Å². The molecule has 3 heteroatoms. The van der Waals surface area contributed by atoms with Crippen molar-refractivity contribution in [3.8, 4) is 0 Å². The Balaban J connectivity index is 2.15.